The van der Waals surface area contributed by atoms with Crippen LogP contribution in [0.2, 0.25) is 0 Å². The molecule has 4 heteroatoms. The molecule has 1 atom stereocenters. The molecule has 1 fully saturated rings. The van der Waals surface area contributed by atoms with E-state index >= 15 is 0 Å². The number of fused-ring (bicyclic) bond motifs is 1. The average Bonchev–Trinajstić information content (AvgIpc) is 3.37. The van der Waals surface area contributed by atoms with Gasteiger partial charge >= 0.3 is 0 Å². The summed E-state index contributed by atoms with van der Waals surface area (Å²) in [6.07, 6.45) is 3.99. The predicted molar refractivity (Wildman–Crippen MR) is 89.9 cm³/mol. The van der Waals surface area contributed by atoms with Crippen molar-refractivity contribution in [3.8, 4) is 11.5 Å². The van der Waals surface area contributed by atoms with Crippen LogP contribution < -0.4 is 9.47 Å². The average molecular weight is 317 g/mol. The van der Waals surface area contributed by atoms with Crippen molar-refractivity contribution in [1.29, 1.82) is 0 Å². The van der Waals surface area contributed by atoms with Crippen LogP contribution in [0.1, 0.15) is 50.3 Å². The highest BCUT2D eigenvalue weighted by Crippen LogP contribution is 2.43. The van der Waals surface area contributed by atoms with Gasteiger partial charge in [-0.2, -0.15) is 0 Å². The number of hydrogen-bond acceptors (Lipinski definition) is 3. The van der Waals surface area contributed by atoms with E-state index in [2.05, 4.69) is 30.9 Å². The largest absolute Gasteiger partial charge is 0.493 e. The lowest BCUT2D eigenvalue weighted by Crippen LogP contribution is -2.41. The molecule has 0 bridgehead atoms. The third-order valence-corrected chi connectivity index (χ3v) is 4.91. The summed E-state index contributed by atoms with van der Waals surface area (Å²) in [6.45, 7) is 5.25. The summed E-state index contributed by atoms with van der Waals surface area (Å²) in [5.41, 5.74) is 2.52. The van der Waals surface area contributed by atoms with Gasteiger partial charge in [-0.15, -0.1) is 0 Å². The van der Waals surface area contributed by atoms with Gasteiger partial charge in [-0.25, -0.2) is 0 Å². The van der Waals surface area contributed by atoms with Crippen LogP contribution in [0.5, 0.6) is 11.5 Å². The van der Waals surface area contributed by atoms with Gasteiger partial charge < -0.3 is 14.4 Å². The van der Waals surface area contributed by atoms with E-state index < -0.39 is 0 Å². The molecule has 3 rings (SSSR count). The zero-order valence-corrected chi connectivity index (χ0v) is 14.6. The van der Waals surface area contributed by atoms with Crippen molar-refractivity contribution in [2.24, 2.45) is 11.8 Å². The van der Waals surface area contributed by atoms with Crippen LogP contribution in [0, 0.1) is 11.8 Å². The van der Waals surface area contributed by atoms with Crippen LogP contribution in [0.15, 0.2) is 12.1 Å². The van der Waals surface area contributed by atoms with Crippen molar-refractivity contribution in [1.82, 2.24) is 4.90 Å². The normalized spacial score (nSPS) is 20.4. The molecular formula is C19H27NO3. The van der Waals surface area contributed by atoms with Crippen molar-refractivity contribution in [3.05, 3.63) is 23.3 Å². The van der Waals surface area contributed by atoms with Crippen molar-refractivity contribution in [3.63, 3.8) is 0 Å². The van der Waals surface area contributed by atoms with E-state index in [0.29, 0.717) is 11.8 Å². The fourth-order valence-electron chi connectivity index (χ4n) is 3.56. The van der Waals surface area contributed by atoms with Crippen LogP contribution in [-0.4, -0.2) is 31.6 Å². The first-order valence-electron chi connectivity index (χ1n) is 8.60. The minimum atomic E-state index is 0.159. The lowest BCUT2D eigenvalue weighted by atomic mass is 9.87. The molecule has 0 saturated heterocycles. The number of amides is 1. The highest BCUT2D eigenvalue weighted by atomic mass is 16.5. The standard InChI is InChI=1S/C19H27NO3/c1-12(2)9-16-15-11-18(23-4)17(22-3)10-14(15)7-8-20(16)19(21)13-5-6-13/h10-13,16H,5-9H2,1-4H3. The van der Waals surface area contributed by atoms with E-state index in [1.807, 2.05) is 0 Å². The quantitative estimate of drug-likeness (QED) is 0.833. The second-order valence-corrected chi connectivity index (χ2v) is 7.11. The number of nitrogens with zero attached hydrogens (tertiary/aromatic N) is 1. The zero-order chi connectivity index (χ0) is 16.6. The smallest absolute Gasteiger partial charge is 0.226 e. The van der Waals surface area contributed by atoms with Gasteiger partial charge in [-0.05, 0) is 54.9 Å². The predicted octanol–water partition coefficient (Wildman–Crippen LogP) is 3.59. The second-order valence-electron chi connectivity index (χ2n) is 7.11. The molecule has 0 spiro atoms. The first kappa shape index (κ1) is 16.2. The number of rotatable bonds is 5. The van der Waals surface area contributed by atoms with Crippen molar-refractivity contribution < 1.29 is 14.3 Å². The topological polar surface area (TPSA) is 38.8 Å². The SMILES string of the molecule is COc1cc2c(cc1OC)C(CC(C)C)N(C(=O)C1CC1)CC2. The number of carbonyl (C=O) groups excluding carboxylic acids is 1. The maximum absolute atomic E-state index is 12.7. The van der Waals surface area contributed by atoms with Gasteiger partial charge in [0.2, 0.25) is 5.91 Å². The van der Waals surface area contributed by atoms with E-state index in [1.54, 1.807) is 14.2 Å². The molecule has 126 valence electrons. The van der Waals surface area contributed by atoms with Crippen molar-refractivity contribution >= 4 is 5.91 Å². The van der Waals surface area contributed by atoms with E-state index in [1.165, 1.54) is 11.1 Å². The fraction of sp³-hybridized carbons (Fsp3) is 0.632. The summed E-state index contributed by atoms with van der Waals surface area (Å²) in [6, 6.07) is 4.32. The van der Waals surface area contributed by atoms with E-state index in [9.17, 15) is 4.79 Å². The second kappa shape index (κ2) is 6.42. The highest BCUT2D eigenvalue weighted by molar-refractivity contribution is 5.82. The Morgan fingerprint density at radius 2 is 1.87 bits per heavy atom. The first-order valence-corrected chi connectivity index (χ1v) is 8.60. The molecule has 23 heavy (non-hydrogen) atoms. The Morgan fingerprint density at radius 1 is 1.22 bits per heavy atom. The van der Waals surface area contributed by atoms with Crippen LogP contribution >= 0.6 is 0 Å². The number of ether oxygens (including phenoxy) is 2. The fourth-order valence-corrected chi connectivity index (χ4v) is 3.56. The van der Waals surface area contributed by atoms with E-state index in [4.69, 9.17) is 9.47 Å². The van der Waals surface area contributed by atoms with Crippen molar-refractivity contribution in [2.45, 2.75) is 45.6 Å². The number of hydrogen-bond donors (Lipinski definition) is 0. The van der Waals surface area contributed by atoms with Crippen LogP contribution in [0.25, 0.3) is 0 Å². The molecule has 0 N–H and O–H groups in total. The lowest BCUT2D eigenvalue weighted by molar-refractivity contribution is -0.135. The monoisotopic (exact) mass is 317 g/mol. The number of benzene rings is 1. The molecule has 2 aliphatic rings. The summed E-state index contributed by atoms with van der Waals surface area (Å²) < 4.78 is 10.9. The summed E-state index contributed by atoms with van der Waals surface area (Å²) >= 11 is 0. The molecule has 4 nitrogen and oxygen atoms in total. The van der Waals surface area contributed by atoms with E-state index in [-0.39, 0.29) is 12.0 Å². The zero-order valence-electron chi connectivity index (χ0n) is 14.6. The van der Waals surface area contributed by atoms with Gasteiger partial charge in [-0.1, -0.05) is 13.8 Å². The van der Waals surface area contributed by atoms with Gasteiger partial charge in [-0.3, -0.25) is 4.79 Å². The minimum absolute atomic E-state index is 0.159. The molecule has 0 radical (unpaired) electrons. The summed E-state index contributed by atoms with van der Waals surface area (Å²) in [7, 11) is 3.33. The Bertz CT molecular complexity index is 593. The van der Waals surface area contributed by atoms with Gasteiger partial charge in [0, 0.05) is 12.5 Å². The van der Waals surface area contributed by atoms with Gasteiger partial charge in [0.25, 0.3) is 0 Å². The molecule has 1 amide bonds. The third kappa shape index (κ3) is 3.17. The molecular weight excluding hydrogens is 290 g/mol. The lowest BCUT2D eigenvalue weighted by Gasteiger charge is -2.39. The van der Waals surface area contributed by atoms with Crippen LogP contribution in [0.4, 0.5) is 0 Å². The van der Waals surface area contributed by atoms with Gasteiger partial charge in [0.1, 0.15) is 0 Å². The first-order chi connectivity index (χ1) is 11.0. The number of carbonyl (C=O) groups is 1. The van der Waals surface area contributed by atoms with Gasteiger partial charge in [0.15, 0.2) is 11.5 Å². The molecule has 1 unspecified atom stereocenters. The maximum Gasteiger partial charge on any atom is 0.226 e. The summed E-state index contributed by atoms with van der Waals surface area (Å²) in [4.78, 5) is 14.8. The number of methoxy groups -OCH3 is 2. The third-order valence-electron chi connectivity index (χ3n) is 4.91. The van der Waals surface area contributed by atoms with E-state index in [0.717, 1.165) is 43.7 Å². The maximum atomic E-state index is 12.7. The van der Waals surface area contributed by atoms with Crippen LogP contribution in [-0.2, 0) is 11.2 Å². The molecule has 1 aliphatic carbocycles. The summed E-state index contributed by atoms with van der Waals surface area (Å²) in [5.74, 6) is 2.67. The van der Waals surface area contributed by atoms with Crippen LogP contribution in [0.3, 0.4) is 0 Å². The Labute approximate surface area is 138 Å². The Balaban J connectivity index is 1.99. The molecule has 1 heterocycles. The Kier molecular flexibility index (Phi) is 4.51. The molecule has 0 aromatic heterocycles. The molecule has 1 aromatic carbocycles. The van der Waals surface area contributed by atoms with Gasteiger partial charge in [0.05, 0.1) is 20.3 Å². The highest BCUT2D eigenvalue weighted by Gasteiger charge is 2.39. The Morgan fingerprint density at radius 3 is 2.43 bits per heavy atom. The molecule has 1 aromatic rings. The molecule has 1 saturated carbocycles. The molecule has 1 aliphatic heterocycles. The van der Waals surface area contributed by atoms with Crippen molar-refractivity contribution in [2.75, 3.05) is 20.8 Å². The summed E-state index contributed by atoms with van der Waals surface area (Å²) in [5, 5.41) is 0. The Hall–Kier alpha value is -1.71. The minimum Gasteiger partial charge on any atom is -0.493 e.